The van der Waals surface area contributed by atoms with Gasteiger partial charge < -0.3 is 5.32 Å². The highest BCUT2D eigenvalue weighted by Gasteiger charge is 2.19. The fourth-order valence-electron chi connectivity index (χ4n) is 3.28. The molecule has 0 aliphatic rings. The minimum absolute atomic E-state index is 0.0444. The van der Waals surface area contributed by atoms with Crippen LogP contribution in [-0.4, -0.2) is 31.0 Å². The van der Waals surface area contributed by atoms with E-state index in [1.807, 2.05) is 19.1 Å². The summed E-state index contributed by atoms with van der Waals surface area (Å²) in [5.74, 6) is -0.792. The van der Waals surface area contributed by atoms with E-state index in [9.17, 15) is 18.0 Å². The van der Waals surface area contributed by atoms with Crippen molar-refractivity contribution in [3.8, 4) is 11.4 Å². The molecule has 3 N–H and O–H groups in total. The van der Waals surface area contributed by atoms with Gasteiger partial charge in [0.15, 0.2) is 5.82 Å². The Morgan fingerprint density at radius 3 is 2.47 bits per heavy atom. The first-order valence-corrected chi connectivity index (χ1v) is 10.7. The van der Waals surface area contributed by atoms with E-state index in [0.29, 0.717) is 22.4 Å². The van der Waals surface area contributed by atoms with Crippen molar-refractivity contribution >= 4 is 21.6 Å². The summed E-state index contributed by atoms with van der Waals surface area (Å²) in [7, 11) is -3.73. The third-order valence-corrected chi connectivity index (χ3v) is 6.14. The standard InChI is InChI=1S/C20H22N4O5S/c1-12-9-13(2)18(14(3)10-12)30(27,28)21-8-7-17(25)22-16-6-4-5-15(11-16)19-23-20(26)29-24-19/h4-6,9-11,21H,7-8H2,1-3H3,(H,22,25)(H,23,24,26). The molecule has 3 rings (SSSR count). The largest absolute Gasteiger partial charge is 0.439 e. The summed E-state index contributed by atoms with van der Waals surface area (Å²) >= 11 is 0. The summed E-state index contributed by atoms with van der Waals surface area (Å²) in [6.07, 6.45) is -0.0474. The van der Waals surface area contributed by atoms with E-state index in [1.54, 1.807) is 38.1 Å². The first-order chi connectivity index (χ1) is 14.2. The number of nitrogens with one attached hydrogen (secondary N) is 3. The van der Waals surface area contributed by atoms with Crippen molar-refractivity contribution in [2.45, 2.75) is 32.1 Å². The lowest BCUT2D eigenvalue weighted by atomic mass is 10.1. The third-order valence-electron chi connectivity index (χ3n) is 4.38. The SMILES string of the molecule is Cc1cc(C)c(S(=O)(=O)NCCC(=O)Nc2cccc(-c3noc(=O)[nH]3)c2)c(C)c1. The molecular weight excluding hydrogens is 408 g/mol. The molecule has 30 heavy (non-hydrogen) atoms. The summed E-state index contributed by atoms with van der Waals surface area (Å²) in [5.41, 5.74) is 3.35. The van der Waals surface area contributed by atoms with E-state index in [0.717, 1.165) is 5.56 Å². The summed E-state index contributed by atoms with van der Waals surface area (Å²) < 4.78 is 32.2. The van der Waals surface area contributed by atoms with Gasteiger partial charge in [0.25, 0.3) is 0 Å². The first kappa shape index (κ1) is 21.5. The normalized spacial score (nSPS) is 11.4. The average Bonchev–Trinajstić information content (AvgIpc) is 3.07. The summed E-state index contributed by atoms with van der Waals surface area (Å²) in [6.45, 7) is 5.35. The second-order valence-corrected chi connectivity index (χ2v) is 8.65. The molecule has 0 radical (unpaired) electrons. The van der Waals surface area contributed by atoms with Crippen molar-refractivity contribution in [3.63, 3.8) is 0 Å². The number of nitrogens with zero attached hydrogens (tertiary/aromatic N) is 1. The van der Waals surface area contributed by atoms with Crippen LogP contribution in [0.3, 0.4) is 0 Å². The molecule has 0 bridgehead atoms. The molecule has 3 aromatic rings. The monoisotopic (exact) mass is 430 g/mol. The fourth-order valence-corrected chi connectivity index (χ4v) is 4.76. The Kier molecular flexibility index (Phi) is 6.18. The second-order valence-electron chi connectivity index (χ2n) is 6.95. The molecule has 0 spiro atoms. The molecule has 0 aliphatic heterocycles. The van der Waals surface area contributed by atoms with Gasteiger partial charge in [0.2, 0.25) is 15.9 Å². The van der Waals surface area contributed by atoms with Crippen molar-refractivity contribution in [3.05, 3.63) is 63.6 Å². The number of aryl methyl sites for hydroxylation is 3. The lowest BCUT2D eigenvalue weighted by Crippen LogP contribution is -2.29. The molecule has 0 atom stereocenters. The van der Waals surface area contributed by atoms with Crippen LogP contribution in [0.15, 0.2) is 50.6 Å². The summed E-state index contributed by atoms with van der Waals surface area (Å²) in [4.78, 5) is 26.0. The van der Waals surface area contributed by atoms with Gasteiger partial charge in [-0.15, -0.1) is 0 Å². The number of anilines is 1. The molecule has 0 unspecified atom stereocenters. The molecule has 0 aliphatic carbocycles. The van der Waals surface area contributed by atoms with Crippen molar-refractivity contribution in [1.29, 1.82) is 0 Å². The van der Waals surface area contributed by atoms with Crippen LogP contribution in [0.4, 0.5) is 5.69 Å². The maximum atomic E-state index is 12.6. The topological polar surface area (TPSA) is 134 Å². The molecule has 2 aromatic carbocycles. The van der Waals surface area contributed by atoms with Crippen molar-refractivity contribution in [2.24, 2.45) is 0 Å². The van der Waals surface area contributed by atoms with Gasteiger partial charge in [-0.1, -0.05) is 35.0 Å². The smallest absolute Gasteiger partial charge is 0.326 e. The number of aromatic nitrogens is 2. The van der Waals surface area contributed by atoms with Gasteiger partial charge in [-0.25, -0.2) is 17.9 Å². The Morgan fingerprint density at radius 2 is 1.83 bits per heavy atom. The molecule has 9 nitrogen and oxygen atoms in total. The second kappa shape index (κ2) is 8.64. The maximum absolute atomic E-state index is 12.6. The molecule has 158 valence electrons. The molecule has 1 aromatic heterocycles. The minimum Gasteiger partial charge on any atom is -0.326 e. The molecule has 0 saturated heterocycles. The number of rotatable bonds is 7. The molecule has 10 heteroatoms. The van der Waals surface area contributed by atoms with E-state index < -0.39 is 15.8 Å². The number of benzene rings is 2. The predicted octanol–water partition coefficient (Wildman–Crippen LogP) is 2.26. The van der Waals surface area contributed by atoms with Crippen LogP contribution in [0.25, 0.3) is 11.4 Å². The summed E-state index contributed by atoms with van der Waals surface area (Å²) in [6, 6.07) is 10.3. The lowest BCUT2D eigenvalue weighted by molar-refractivity contribution is -0.116. The van der Waals surface area contributed by atoms with Crippen LogP contribution in [0.2, 0.25) is 0 Å². The van der Waals surface area contributed by atoms with E-state index in [1.165, 1.54) is 0 Å². The maximum Gasteiger partial charge on any atom is 0.439 e. The van der Waals surface area contributed by atoms with Gasteiger partial charge in [0.1, 0.15) is 0 Å². The fraction of sp³-hybridized carbons (Fsp3) is 0.250. The van der Waals surface area contributed by atoms with E-state index in [2.05, 4.69) is 24.7 Å². The molecule has 1 amide bonds. The van der Waals surface area contributed by atoms with Gasteiger partial charge in [0, 0.05) is 24.2 Å². The van der Waals surface area contributed by atoms with Gasteiger partial charge in [-0.2, -0.15) is 0 Å². The molecular formula is C20H22N4O5S. The highest BCUT2D eigenvalue weighted by atomic mass is 32.2. The zero-order valence-electron chi connectivity index (χ0n) is 16.8. The van der Waals surface area contributed by atoms with Gasteiger partial charge in [-0.05, 0) is 44.0 Å². The Morgan fingerprint density at radius 1 is 1.13 bits per heavy atom. The molecule has 0 saturated carbocycles. The Labute approximate surface area is 173 Å². The highest BCUT2D eigenvalue weighted by Crippen LogP contribution is 2.22. The van der Waals surface area contributed by atoms with Gasteiger partial charge in [-0.3, -0.25) is 14.3 Å². The minimum atomic E-state index is -3.73. The highest BCUT2D eigenvalue weighted by molar-refractivity contribution is 7.89. The van der Waals surface area contributed by atoms with Crippen molar-refractivity contribution < 1.29 is 17.7 Å². The first-order valence-electron chi connectivity index (χ1n) is 9.19. The Balaban J connectivity index is 1.61. The van der Waals surface area contributed by atoms with E-state index >= 15 is 0 Å². The summed E-state index contributed by atoms with van der Waals surface area (Å²) in [5, 5.41) is 6.29. The van der Waals surface area contributed by atoms with Gasteiger partial charge in [0.05, 0.1) is 4.90 Å². The van der Waals surface area contributed by atoms with Crippen LogP contribution in [-0.2, 0) is 14.8 Å². The molecule has 0 fully saturated rings. The number of carbonyl (C=O) groups is 1. The number of carbonyl (C=O) groups excluding carboxylic acids is 1. The van der Waals surface area contributed by atoms with Crippen LogP contribution < -0.4 is 15.8 Å². The van der Waals surface area contributed by atoms with Crippen LogP contribution in [0.1, 0.15) is 23.1 Å². The Bertz CT molecular complexity index is 1220. The Hall–Kier alpha value is -3.24. The quantitative estimate of drug-likeness (QED) is 0.526. The number of H-pyrrole nitrogens is 1. The van der Waals surface area contributed by atoms with Crippen LogP contribution in [0, 0.1) is 20.8 Å². The zero-order chi connectivity index (χ0) is 21.9. The van der Waals surface area contributed by atoms with Crippen molar-refractivity contribution in [1.82, 2.24) is 14.9 Å². The molecule has 1 heterocycles. The van der Waals surface area contributed by atoms with Crippen LogP contribution >= 0.6 is 0 Å². The third kappa shape index (κ3) is 5.02. The lowest BCUT2D eigenvalue weighted by Gasteiger charge is -2.13. The van der Waals surface area contributed by atoms with Crippen LogP contribution in [0.5, 0.6) is 0 Å². The average molecular weight is 430 g/mol. The number of hydrogen-bond acceptors (Lipinski definition) is 6. The number of hydrogen-bond donors (Lipinski definition) is 3. The van der Waals surface area contributed by atoms with Crippen molar-refractivity contribution in [2.75, 3.05) is 11.9 Å². The van der Waals surface area contributed by atoms with E-state index in [4.69, 9.17) is 0 Å². The number of aromatic amines is 1. The number of sulfonamides is 1. The zero-order valence-corrected chi connectivity index (χ0v) is 17.6. The van der Waals surface area contributed by atoms with Gasteiger partial charge >= 0.3 is 5.76 Å². The van der Waals surface area contributed by atoms with E-state index in [-0.39, 0.29) is 29.6 Å². The number of amides is 1. The predicted molar refractivity (Wildman–Crippen MR) is 112 cm³/mol.